The molecule has 1 saturated heterocycles. The molecule has 2 aromatic heterocycles. The van der Waals surface area contributed by atoms with E-state index in [-0.39, 0.29) is 22.9 Å². The van der Waals surface area contributed by atoms with Gasteiger partial charge in [0.1, 0.15) is 11.6 Å². The fraction of sp³-hybridized carbons (Fsp3) is 0.458. The molecule has 1 aliphatic carbocycles. The molecule has 0 radical (unpaired) electrons. The number of hydrogen-bond donors (Lipinski definition) is 1. The Balaban J connectivity index is 1.32. The molecule has 10 heteroatoms. The topological polar surface area (TPSA) is 77.3 Å². The minimum Gasteiger partial charge on any atom is -0.481 e. The Morgan fingerprint density at radius 1 is 1.15 bits per heavy atom. The first kappa shape index (κ1) is 22.7. The lowest BCUT2D eigenvalue weighted by Crippen LogP contribution is -2.48. The van der Waals surface area contributed by atoms with Gasteiger partial charge >= 0.3 is 6.01 Å². The third kappa shape index (κ3) is 4.61. The first-order chi connectivity index (χ1) is 16.4. The van der Waals surface area contributed by atoms with Crippen LogP contribution in [0, 0.1) is 17.7 Å². The maximum absolute atomic E-state index is 13.8. The summed E-state index contributed by atoms with van der Waals surface area (Å²) in [5, 5.41) is 8.48. The van der Waals surface area contributed by atoms with Gasteiger partial charge in [-0.1, -0.05) is 11.6 Å². The van der Waals surface area contributed by atoms with E-state index in [2.05, 4.69) is 25.3 Å². The number of nitrogens with zero attached hydrogens (tertiary/aromatic N) is 5. The van der Waals surface area contributed by atoms with Gasteiger partial charge in [0.25, 0.3) is 0 Å². The van der Waals surface area contributed by atoms with Crippen molar-refractivity contribution in [3.05, 3.63) is 47.4 Å². The molecule has 0 spiro atoms. The molecule has 1 aliphatic heterocycles. The van der Waals surface area contributed by atoms with Gasteiger partial charge in [-0.05, 0) is 56.7 Å². The smallest absolute Gasteiger partial charge is 0.322 e. The molecular formula is C24H28ClFN6O2. The van der Waals surface area contributed by atoms with Crippen molar-refractivity contribution in [3.63, 3.8) is 0 Å². The van der Waals surface area contributed by atoms with Crippen LogP contribution in [-0.2, 0) is 0 Å². The third-order valence-electron chi connectivity index (χ3n) is 6.56. The van der Waals surface area contributed by atoms with Crippen LogP contribution in [0.3, 0.4) is 0 Å². The van der Waals surface area contributed by atoms with Crippen LogP contribution in [0.5, 0.6) is 17.6 Å². The standard InChI is InChI=1S/C24H28ClFN6O2/c1-14(2)32-24(34-20-9-17(25)8-18(26)10-20)29-23(30-32)28-22-15-4-5-16(22)13-31(12-15)19-6-7-27-21(11-19)33-3/h6-11,14-16,22H,4-5,12-13H2,1-3H3,(H,28,30). The summed E-state index contributed by atoms with van der Waals surface area (Å²) in [5.74, 6) is 1.90. The Kier molecular flexibility index (Phi) is 6.20. The molecule has 180 valence electrons. The summed E-state index contributed by atoms with van der Waals surface area (Å²) in [7, 11) is 1.64. The van der Waals surface area contributed by atoms with E-state index in [1.165, 1.54) is 12.1 Å². The number of nitrogens with one attached hydrogen (secondary N) is 1. The zero-order chi connectivity index (χ0) is 23.8. The van der Waals surface area contributed by atoms with Crippen LogP contribution in [0.25, 0.3) is 0 Å². The highest BCUT2D eigenvalue weighted by molar-refractivity contribution is 6.30. The molecule has 8 nitrogen and oxygen atoms in total. The SMILES string of the molecule is COc1cc(N2CC3CCC(C2)C3Nc2nc(Oc3cc(F)cc(Cl)c3)n(C(C)C)n2)ccn1. The van der Waals surface area contributed by atoms with E-state index in [4.69, 9.17) is 21.1 Å². The second-order valence-electron chi connectivity index (χ2n) is 9.19. The largest absolute Gasteiger partial charge is 0.481 e. The summed E-state index contributed by atoms with van der Waals surface area (Å²) in [6.07, 6.45) is 4.09. The number of rotatable bonds is 7. The second-order valence-corrected chi connectivity index (χ2v) is 9.63. The fourth-order valence-electron chi connectivity index (χ4n) is 4.99. The van der Waals surface area contributed by atoms with Gasteiger partial charge in [-0.15, -0.1) is 5.10 Å². The minimum atomic E-state index is -0.466. The van der Waals surface area contributed by atoms with Gasteiger partial charge in [0.2, 0.25) is 11.8 Å². The van der Waals surface area contributed by atoms with Gasteiger partial charge in [0.05, 0.1) is 13.2 Å². The van der Waals surface area contributed by atoms with Crippen molar-refractivity contribution in [2.24, 2.45) is 11.8 Å². The normalized spacial score (nSPS) is 21.7. The van der Waals surface area contributed by atoms with E-state index in [0.717, 1.165) is 31.6 Å². The van der Waals surface area contributed by atoms with Crippen LogP contribution in [0.2, 0.25) is 5.02 Å². The second kappa shape index (κ2) is 9.29. The highest BCUT2D eigenvalue weighted by Crippen LogP contribution is 2.40. The average Bonchev–Trinajstić information content (AvgIpc) is 3.29. The van der Waals surface area contributed by atoms with Gasteiger partial charge in [-0.3, -0.25) is 0 Å². The molecule has 5 rings (SSSR count). The monoisotopic (exact) mass is 486 g/mol. The van der Waals surface area contributed by atoms with Crippen LogP contribution in [-0.4, -0.2) is 46.0 Å². The zero-order valence-electron chi connectivity index (χ0n) is 19.4. The molecule has 2 unspecified atom stereocenters. The number of pyridine rings is 1. The number of hydrogen-bond acceptors (Lipinski definition) is 7. The van der Waals surface area contributed by atoms with Gasteiger partial charge in [0, 0.05) is 48.2 Å². The number of anilines is 2. The van der Waals surface area contributed by atoms with E-state index >= 15 is 0 Å². The molecule has 3 aromatic rings. The van der Waals surface area contributed by atoms with Crippen molar-refractivity contribution < 1.29 is 13.9 Å². The number of fused-ring (bicyclic) bond motifs is 2. The van der Waals surface area contributed by atoms with E-state index in [1.807, 2.05) is 26.0 Å². The molecule has 2 bridgehead atoms. The number of piperidine rings is 1. The fourth-order valence-corrected chi connectivity index (χ4v) is 5.21. The lowest BCUT2D eigenvalue weighted by atomic mass is 9.92. The van der Waals surface area contributed by atoms with Gasteiger partial charge in [0.15, 0.2) is 0 Å². The van der Waals surface area contributed by atoms with Gasteiger partial charge in [-0.2, -0.15) is 4.98 Å². The molecule has 1 aromatic carbocycles. The highest BCUT2D eigenvalue weighted by Gasteiger charge is 2.42. The molecule has 1 saturated carbocycles. The number of ether oxygens (including phenoxy) is 2. The summed E-state index contributed by atoms with van der Waals surface area (Å²) in [4.78, 5) is 11.2. The van der Waals surface area contributed by atoms with Crippen molar-refractivity contribution >= 4 is 23.2 Å². The molecule has 2 atom stereocenters. The summed E-state index contributed by atoms with van der Waals surface area (Å²) in [5.41, 5.74) is 1.13. The van der Waals surface area contributed by atoms with Crippen molar-refractivity contribution in [1.82, 2.24) is 19.7 Å². The Morgan fingerprint density at radius 3 is 2.59 bits per heavy atom. The molecule has 0 amide bonds. The summed E-state index contributed by atoms with van der Waals surface area (Å²) in [6, 6.07) is 8.68. The minimum absolute atomic E-state index is 0.0160. The number of aromatic nitrogens is 4. The van der Waals surface area contributed by atoms with Crippen LogP contribution in [0.4, 0.5) is 16.0 Å². The summed E-state index contributed by atoms with van der Waals surface area (Å²) >= 11 is 5.98. The van der Waals surface area contributed by atoms with Crippen LogP contribution >= 0.6 is 11.6 Å². The van der Waals surface area contributed by atoms with E-state index in [9.17, 15) is 4.39 Å². The average molecular weight is 487 g/mol. The first-order valence-corrected chi connectivity index (χ1v) is 11.9. The maximum atomic E-state index is 13.8. The number of halogens is 2. The van der Waals surface area contributed by atoms with E-state index < -0.39 is 5.82 Å². The predicted molar refractivity (Wildman–Crippen MR) is 129 cm³/mol. The van der Waals surface area contributed by atoms with E-state index in [0.29, 0.717) is 29.7 Å². The lowest BCUT2D eigenvalue weighted by molar-refractivity contribution is 0.372. The summed E-state index contributed by atoms with van der Waals surface area (Å²) < 4.78 is 26.6. The zero-order valence-corrected chi connectivity index (χ0v) is 20.2. The molecule has 34 heavy (non-hydrogen) atoms. The Bertz CT molecular complexity index is 1140. The van der Waals surface area contributed by atoms with E-state index in [1.54, 1.807) is 24.1 Å². The Morgan fingerprint density at radius 2 is 1.91 bits per heavy atom. The molecule has 1 N–H and O–H groups in total. The van der Waals surface area contributed by atoms with Crippen molar-refractivity contribution in [2.75, 3.05) is 30.4 Å². The molecule has 2 aliphatic rings. The highest BCUT2D eigenvalue weighted by atomic mass is 35.5. The van der Waals surface area contributed by atoms with Crippen molar-refractivity contribution in [3.8, 4) is 17.6 Å². The number of methoxy groups -OCH3 is 1. The quantitative estimate of drug-likeness (QED) is 0.493. The lowest BCUT2D eigenvalue weighted by Gasteiger charge is -2.39. The van der Waals surface area contributed by atoms with Crippen LogP contribution < -0.4 is 19.7 Å². The first-order valence-electron chi connectivity index (χ1n) is 11.5. The van der Waals surface area contributed by atoms with Crippen LogP contribution in [0.15, 0.2) is 36.5 Å². The Labute approximate surface area is 203 Å². The maximum Gasteiger partial charge on any atom is 0.322 e. The van der Waals surface area contributed by atoms with Crippen molar-refractivity contribution in [2.45, 2.75) is 38.8 Å². The summed E-state index contributed by atoms with van der Waals surface area (Å²) in [6.45, 7) is 5.87. The Hall–Kier alpha value is -3.07. The van der Waals surface area contributed by atoms with Crippen LogP contribution in [0.1, 0.15) is 32.7 Å². The van der Waals surface area contributed by atoms with Gasteiger partial charge in [-0.25, -0.2) is 14.1 Å². The molecule has 3 heterocycles. The van der Waals surface area contributed by atoms with Gasteiger partial charge < -0.3 is 19.7 Å². The molecule has 2 fully saturated rings. The third-order valence-corrected chi connectivity index (χ3v) is 6.77. The molecular weight excluding hydrogens is 459 g/mol. The van der Waals surface area contributed by atoms with Crippen molar-refractivity contribution in [1.29, 1.82) is 0 Å². The predicted octanol–water partition coefficient (Wildman–Crippen LogP) is 5.17. The number of benzene rings is 1.